The minimum absolute atomic E-state index is 0. The second-order valence-electron chi connectivity index (χ2n) is 6.68. The number of benzene rings is 1. The number of aryl methyl sites for hydroxylation is 1. The van der Waals surface area contributed by atoms with Gasteiger partial charge in [-0.1, -0.05) is 17.3 Å². The zero-order valence-electron chi connectivity index (χ0n) is 16.6. The van der Waals surface area contributed by atoms with Crippen LogP contribution in [0, 0.1) is 0 Å². The molecule has 8 heteroatoms. The van der Waals surface area contributed by atoms with Crippen molar-refractivity contribution in [1.29, 1.82) is 0 Å². The van der Waals surface area contributed by atoms with Crippen LogP contribution < -0.4 is 10.1 Å². The number of halogens is 1. The van der Waals surface area contributed by atoms with Crippen molar-refractivity contribution < 1.29 is 9.26 Å². The molecule has 1 N–H and O–H groups in total. The highest BCUT2D eigenvalue weighted by molar-refractivity contribution is 14.0. The zero-order chi connectivity index (χ0) is 18.9. The van der Waals surface area contributed by atoms with Crippen LogP contribution >= 0.6 is 24.0 Å². The third-order valence-electron chi connectivity index (χ3n) is 4.82. The molecule has 0 radical (unpaired) electrons. The van der Waals surface area contributed by atoms with E-state index >= 15 is 0 Å². The predicted octanol–water partition coefficient (Wildman–Crippen LogP) is 2.63. The minimum Gasteiger partial charge on any atom is -0.497 e. The number of hydrogen-bond donors (Lipinski definition) is 1. The zero-order valence-corrected chi connectivity index (χ0v) is 19.0. The Bertz CT molecular complexity index is 715. The summed E-state index contributed by atoms with van der Waals surface area (Å²) in [4.78, 5) is 9.17. The Morgan fingerprint density at radius 1 is 1.25 bits per heavy atom. The molecule has 0 spiro atoms. The second kappa shape index (κ2) is 11.9. The summed E-state index contributed by atoms with van der Waals surface area (Å²) in [6, 6.07) is 10.2. The van der Waals surface area contributed by atoms with E-state index in [2.05, 4.69) is 37.4 Å². The van der Waals surface area contributed by atoms with E-state index < -0.39 is 0 Å². The van der Waals surface area contributed by atoms with Gasteiger partial charge in [0, 0.05) is 52.4 Å². The first-order valence-electron chi connectivity index (χ1n) is 9.48. The van der Waals surface area contributed by atoms with Crippen LogP contribution in [-0.4, -0.2) is 67.8 Å². The van der Waals surface area contributed by atoms with Crippen molar-refractivity contribution in [3.05, 3.63) is 47.9 Å². The number of rotatable bonds is 7. The normalized spacial score (nSPS) is 15.2. The molecular weight excluding hydrogens is 469 g/mol. The van der Waals surface area contributed by atoms with Gasteiger partial charge in [-0.25, -0.2) is 0 Å². The fraction of sp³-hybridized carbons (Fsp3) is 0.500. The molecule has 7 nitrogen and oxygen atoms in total. The minimum atomic E-state index is 0. The topological polar surface area (TPSA) is 66.1 Å². The highest BCUT2D eigenvalue weighted by Crippen LogP contribution is 2.13. The number of piperazine rings is 1. The lowest BCUT2D eigenvalue weighted by Gasteiger charge is -2.36. The maximum Gasteiger partial charge on any atom is 0.193 e. The van der Waals surface area contributed by atoms with E-state index in [1.165, 1.54) is 5.56 Å². The van der Waals surface area contributed by atoms with Gasteiger partial charge in [0.25, 0.3) is 0 Å². The molecule has 1 aromatic carbocycles. The average Bonchev–Trinajstić information content (AvgIpc) is 3.22. The number of methoxy groups -OCH3 is 1. The van der Waals surface area contributed by atoms with Gasteiger partial charge in [-0.05, 0) is 30.5 Å². The lowest BCUT2D eigenvalue weighted by molar-refractivity contribution is 0.169. The van der Waals surface area contributed by atoms with Crippen LogP contribution in [0.1, 0.15) is 17.7 Å². The molecule has 2 aromatic rings. The van der Waals surface area contributed by atoms with E-state index in [1.807, 2.05) is 25.2 Å². The molecular formula is C20H30IN5O2. The number of ether oxygens (including phenoxy) is 1. The maximum atomic E-state index is 5.28. The molecule has 154 valence electrons. The average molecular weight is 499 g/mol. The second-order valence-corrected chi connectivity index (χ2v) is 6.68. The van der Waals surface area contributed by atoms with E-state index in [1.54, 1.807) is 13.4 Å². The summed E-state index contributed by atoms with van der Waals surface area (Å²) in [5.41, 5.74) is 2.29. The fourth-order valence-electron chi connectivity index (χ4n) is 3.32. The molecule has 0 amide bonds. The summed E-state index contributed by atoms with van der Waals surface area (Å²) in [5.74, 6) is 1.90. The van der Waals surface area contributed by atoms with Gasteiger partial charge in [-0.15, -0.1) is 24.0 Å². The molecule has 1 aromatic heterocycles. The van der Waals surface area contributed by atoms with Gasteiger partial charge in [0.05, 0.1) is 12.8 Å². The summed E-state index contributed by atoms with van der Waals surface area (Å²) >= 11 is 0. The van der Waals surface area contributed by atoms with Gasteiger partial charge in [-0.3, -0.25) is 9.89 Å². The van der Waals surface area contributed by atoms with Crippen LogP contribution in [-0.2, 0) is 13.0 Å². The lowest BCUT2D eigenvalue weighted by atomic mass is 10.1. The highest BCUT2D eigenvalue weighted by Gasteiger charge is 2.20. The first-order chi connectivity index (χ1) is 13.3. The summed E-state index contributed by atoms with van der Waals surface area (Å²) < 4.78 is 10.2. The fourth-order valence-corrected chi connectivity index (χ4v) is 3.32. The Hall–Kier alpha value is -1.81. The van der Waals surface area contributed by atoms with Crippen molar-refractivity contribution in [3.63, 3.8) is 0 Å². The van der Waals surface area contributed by atoms with E-state index in [9.17, 15) is 0 Å². The maximum absolute atomic E-state index is 5.28. The molecule has 1 saturated heterocycles. The van der Waals surface area contributed by atoms with Crippen LogP contribution in [0.2, 0.25) is 0 Å². The summed E-state index contributed by atoms with van der Waals surface area (Å²) in [7, 11) is 3.56. The molecule has 3 rings (SSSR count). The van der Waals surface area contributed by atoms with Crippen molar-refractivity contribution in [2.75, 3.05) is 46.9 Å². The summed E-state index contributed by atoms with van der Waals surface area (Å²) in [5, 5.41) is 7.49. The van der Waals surface area contributed by atoms with E-state index in [-0.39, 0.29) is 24.0 Å². The molecule has 0 aliphatic carbocycles. The van der Waals surface area contributed by atoms with Crippen LogP contribution in [0.15, 0.2) is 46.1 Å². The summed E-state index contributed by atoms with van der Waals surface area (Å²) in [6.07, 6.45) is 3.70. The van der Waals surface area contributed by atoms with Gasteiger partial charge >= 0.3 is 0 Å². The summed E-state index contributed by atoms with van der Waals surface area (Å²) in [6.45, 7) is 5.68. The monoisotopic (exact) mass is 499 g/mol. The number of nitrogens with zero attached hydrogens (tertiary/aromatic N) is 4. The van der Waals surface area contributed by atoms with Crippen molar-refractivity contribution in [1.82, 2.24) is 20.3 Å². The molecule has 1 aliphatic heterocycles. The third kappa shape index (κ3) is 6.66. The molecule has 0 atom stereocenters. The smallest absolute Gasteiger partial charge is 0.193 e. The van der Waals surface area contributed by atoms with E-state index in [4.69, 9.17) is 9.26 Å². The Balaban J connectivity index is 0.00000280. The number of hydrogen-bond acceptors (Lipinski definition) is 5. The molecule has 2 heterocycles. The molecule has 0 unspecified atom stereocenters. The van der Waals surface area contributed by atoms with Crippen LogP contribution in [0.5, 0.6) is 5.75 Å². The number of aliphatic imine (C=N–C) groups is 1. The standard InChI is InChI=1S/C20H29N5O2.HI/c1-21-20(22-9-4-6-17-5-3-7-19(15-17)26-2)25-12-10-24(11-13-25)16-18-8-14-27-23-18;/h3,5,7-8,14-15H,4,6,9-13,16H2,1-2H3,(H,21,22);1H. The van der Waals surface area contributed by atoms with Crippen LogP contribution in [0.25, 0.3) is 0 Å². The number of nitrogens with one attached hydrogen (secondary N) is 1. The van der Waals surface area contributed by atoms with Crippen molar-refractivity contribution in [2.45, 2.75) is 19.4 Å². The van der Waals surface area contributed by atoms with Crippen LogP contribution in [0.4, 0.5) is 0 Å². The van der Waals surface area contributed by atoms with Gasteiger partial charge in [0.1, 0.15) is 12.0 Å². The van der Waals surface area contributed by atoms with Gasteiger partial charge < -0.3 is 19.5 Å². The number of aromatic nitrogens is 1. The van der Waals surface area contributed by atoms with E-state index in [0.29, 0.717) is 0 Å². The SMILES string of the molecule is CN=C(NCCCc1cccc(OC)c1)N1CCN(Cc2ccon2)CC1.I. The molecule has 0 saturated carbocycles. The van der Waals surface area contributed by atoms with Crippen molar-refractivity contribution in [3.8, 4) is 5.75 Å². The Labute approximate surface area is 184 Å². The number of guanidine groups is 1. The largest absolute Gasteiger partial charge is 0.497 e. The third-order valence-corrected chi connectivity index (χ3v) is 4.82. The molecule has 1 fully saturated rings. The Kier molecular flexibility index (Phi) is 9.56. The molecule has 28 heavy (non-hydrogen) atoms. The van der Waals surface area contributed by atoms with E-state index in [0.717, 1.165) is 69.5 Å². The molecule has 0 bridgehead atoms. The van der Waals surface area contributed by atoms with Gasteiger partial charge in [0.15, 0.2) is 5.96 Å². The lowest BCUT2D eigenvalue weighted by Crippen LogP contribution is -2.52. The van der Waals surface area contributed by atoms with Crippen molar-refractivity contribution >= 4 is 29.9 Å². The predicted molar refractivity (Wildman–Crippen MR) is 121 cm³/mol. The van der Waals surface area contributed by atoms with Crippen LogP contribution in [0.3, 0.4) is 0 Å². The van der Waals surface area contributed by atoms with Gasteiger partial charge in [-0.2, -0.15) is 0 Å². The first kappa shape index (κ1) is 22.5. The Morgan fingerprint density at radius 3 is 2.75 bits per heavy atom. The first-order valence-corrected chi connectivity index (χ1v) is 9.48. The van der Waals surface area contributed by atoms with Gasteiger partial charge in [0.2, 0.25) is 0 Å². The highest BCUT2D eigenvalue weighted by atomic mass is 127. The Morgan fingerprint density at radius 2 is 2.07 bits per heavy atom. The quantitative estimate of drug-likeness (QED) is 0.274. The van der Waals surface area contributed by atoms with Crippen molar-refractivity contribution in [2.24, 2.45) is 4.99 Å². The molecule has 1 aliphatic rings.